The second kappa shape index (κ2) is 7.94. The largest absolute Gasteiger partial charge is 0.454 e. The summed E-state index contributed by atoms with van der Waals surface area (Å²) in [5, 5.41) is 2.86. The molecule has 25 heavy (non-hydrogen) atoms. The molecule has 0 aliphatic carbocycles. The van der Waals surface area contributed by atoms with E-state index in [4.69, 9.17) is 9.47 Å². The lowest BCUT2D eigenvalue weighted by Gasteiger charge is -2.25. The van der Waals surface area contributed by atoms with Gasteiger partial charge in [0.25, 0.3) is 5.91 Å². The van der Waals surface area contributed by atoms with Crippen LogP contribution in [0.2, 0.25) is 0 Å². The number of methoxy groups -OCH3 is 1. The van der Waals surface area contributed by atoms with Crippen molar-refractivity contribution in [3.8, 4) is 0 Å². The van der Waals surface area contributed by atoms with E-state index in [9.17, 15) is 9.59 Å². The molecule has 2 aromatic carbocycles. The summed E-state index contributed by atoms with van der Waals surface area (Å²) in [4.78, 5) is 24.5. The van der Waals surface area contributed by atoms with E-state index in [1.807, 2.05) is 30.3 Å². The Labute approximate surface area is 147 Å². The highest BCUT2D eigenvalue weighted by Crippen LogP contribution is 2.30. The van der Waals surface area contributed by atoms with Gasteiger partial charge in [-0.3, -0.25) is 4.79 Å². The summed E-state index contributed by atoms with van der Waals surface area (Å²) < 4.78 is 10.5. The number of carbonyl (C=O) groups excluding carboxylic acids is 2. The lowest BCUT2D eigenvalue weighted by molar-refractivity contribution is 0.0252. The average molecular weight is 339 g/mol. The fourth-order valence-electron chi connectivity index (χ4n) is 2.91. The van der Waals surface area contributed by atoms with E-state index in [1.54, 1.807) is 25.3 Å². The Balaban J connectivity index is 1.75. The van der Waals surface area contributed by atoms with E-state index >= 15 is 0 Å². The fraction of sp³-hybridized carbons (Fsp3) is 0.300. The first-order valence-corrected chi connectivity index (χ1v) is 8.35. The summed E-state index contributed by atoms with van der Waals surface area (Å²) in [7, 11) is 1.63. The van der Waals surface area contributed by atoms with Crippen LogP contribution in [-0.4, -0.2) is 32.1 Å². The van der Waals surface area contributed by atoms with Crippen LogP contribution in [0.5, 0.6) is 0 Å². The van der Waals surface area contributed by atoms with Crippen molar-refractivity contribution in [2.75, 3.05) is 20.3 Å². The SMILES string of the molecule is COCCCNC(=O)c1ccc2c(c1)C[C@@H](c1ccccc1)OC2=O. The van der Waals surface area contributed by atoms with Gasteiger partial charge in [0.15, 0.2) is 0 Å². The van der Waals surface area contributed by atoms with Gasteiger partial charge >= 0.3 is 5.97 Å². The van der Waals surface area contributed by atoms with Crippen LogP contribution in [0.3, 0.4) is 0 Å². The van der Waals surface area contributed by atoms with Crippen molar-refractivity contribution in [1.82, 2.24) is 5.32 Å². The molecule has 1 N–H and O–H groups in total. The minimum absolute atomic E-state index is 0.144. The molecule has 0 saturated carbocycles. The molecule has 1 heterocycles. The maximum atomic E-state index is 12.3. The molecule has 0 spiro atoms. The van der Waals surface area contributed by atoms with Gasteiger partial charge in [0.1, 0.15) is 6.10 Å². The number of carbonyl (C=O) groups is 2. The summed E-state index contributed by atoms with van der Waals surface area (Å²) in [5.41, 5.74) is 2.88. The minimum atomic E-state index is -0.345. The molecular formula is C20H21NO4. The van der Waals surface area contributed by atoms with Gasteiger partial charge in [0, 0.05) is 32.2 Å². The third kappa shape index (κ3) is 4.06. The Morgan fingerprint density at radius 1 is 1.24 bits per heavy atom. The molecule has 0 radical (unpaired) electrons. The average Bonchev–Trinajstić information content (AvgIpc) is 2.65. The zero-order chi connectivity index (χ0) is 17.6. The Morgan fingerprint density at radius 2 is 2.04 bits per heavy atom. The van der Waals surface area contributed by atoms with Gasteiger partial charge < -0.3 is 14.8 Å². The zero-order valence-corrected chi connectivity index (χ0v) is 14.2. The third-order valence-corrected chi connectivity index (χ3v) is 4.22. The maximum absolute atomic E-state index is 12.3. The quantitative estimate of drug-likeness (QED) is 0.649. The normalized spacial score (nSPS) is 16.0. The molecule has 0 unspecified atom stereocenters. The zero-order valence-electron chi connectivity index (χ0n) is 14.2. The van der Waals surface area contributed by atoms with Gasteiger partial charge in [-0.25, -0.2) is 4.79 Å². The Hall–Kier alpha value is -2.66. The van der Waals surface area contributed by atoms with E-state index in [0.29, 0.717) is 30.7 Å². The Bertz CT molecular complexity index is 758. The number of rotatable bonds is 6. The smallest absolute Gasteiger partial charge is 0.339 e. The standard InChI is InChI=1S/C20H21NO4/c1-24-11-5-10-21-19(22)15-8-9-17-16(12-15)13-18(25-20(17)23)14-6-3-2-4-7-14/h2-4,6-9,12,18H,5,10-11,13H2,1H3,(H,21,22)/t18-/m0/s1. The van der Waals surface area contributed by atoms with E-state index in [0.717, 1.165) is 17.5 Å². The first kappa shape index (κ1) is 17.2. The molecule has 0 fully saturated rings. The van der Waals surface area contributed by atoms with Crippen molar-refractivity contribution in [3.05, 3.63) is 70.8 Å². The number of amides is 1. The molecule has 1 aliphatic heterocycles. The number of ether oxygens (including phenoxy) is 2. The molecule has 0 bridgehead atoms. The molecule has 130 valence electrons. The van der Waals surface area contributed by atoms with Crippen molar-refractivity contribution >= 4 is 11.9 Å². The van der Waals surface area contributed by atoms with Crippen LogP contribution >= 0.6 is 0 Å². The van der Waals surface area contributed by atoms with E-state index in [1.165, 1.54) is 0 Å². The molecule has 0 saturated heterocycles. The van der Waals surface area contributed by atoms with Crippen LogP contribution in [0.4, 0.5) is 0 Å². The van der Waals surface area contributed by atoms with Gasteiger partial charge in [-0.2, -0.15) is 0 Å². The second-order valence-corrected chi connectivity index (χ2v) is 5.98. The molecule has 0 aromatic heterocycles. The third-order valence-electron chi connectivity index (χ3n) is 4.22. The number of hydrogen-bond donors (Lipinski definition) is 1. The highest BCUT2D eigenvalue weighted by Gasteiger charge is 2.28. The van der Waals surface area contributed by atoms with Crippen molar-refractivity contribution in [1.29, 1.82) is 0 Å². The number of cyclic esters (lactones) is 1. The highest BCUT2D eigenvalue weighted by atomic mass is 16.5. The first-order valence-electron chi connectivity index (χ1n) is 8.35. The summed E-state index contributed by atoms with van der Waals surface area (Å²) in [6.45, 7) is 1.16. The van der Waals surface area contributed by atoms with Gasteiger partial charge in [-0.1, -0.05) is 30.3 Å². The lowest BCUT2D eigenvalue weighted by atomic mass is 9.93. The van der Waals surface area contributed by atoms with E-state index in [2.05, 4.69) is 5.32 Å². The molecule has 1 atom stereocenters. The number of esters is 1. The van der Waals surface area contributed by atoms with E-state index < -0.39 is 0 Å². The maximum Gasteiger partial charge on any atom is 0.339 e. The molecule has 1 amide bonds. The monoisotopic (exact) mass is 339 g/mol. The molecule has 3 rings (SSSR count). The Morgan fingerprint density at radius 3 is 2.80 bits per heavy atom. The number of hydrogen-bond acceptors (Lipinski definition) is 4. The molecule has 5 heteroatoms. The van der Waals surface area contributed by atoms with Gasteiger partial charge in [0.05, 0.1) is 5.56 Å². The molecular weight excluding hydrogens is 318 g/mol. The molecule has 1 aliphatic rings. The van der Waals surface area contributed by atoms with Crippen LogP contribution < -0.4 is 5.32 Å². The second-order valence-electron chi connectivity index (χ2n) is 5.98. The van der Waals surface area contributed by atoms with Crippen molar-refractivity contribution in [2.24, 2.45) is 0 Å². The van der Waals surface area contributed by atoms with Gasteiger partial charge in [-0.15, -0.1) is 0 Å². The molecule has 5 nitrogen and oxygen atoms in total. The fourth-order valence-corrected chi connectivity index (χ4v) is 2.91. The van der Waals surface area contributed by atoms with Crippen molar-refractivity contribution in [3.63, 3.8) is 0 Å². The van der Waals surface area contributed by atoms with Crippen LogP contribution in [0, 0.1) is 0 Å². The van der Waals surface area contributed by atoms with E-state index in [-0.39, 0.29) is 18.0 Å². The topological polar surface area (TPSA) is 64.6 Å². The summed E-state index contributed by atoms with van der Waals surface area (Å²) >= 11 is 0. The summed E-state index contributed by atoms with van der Waals surface area (Å²) in [6.07, 6.45) is 1.01. The predicted molar refractivity (Wildman–Crippen MR) is 93.6 cm³/mol. The van der Waals surface area contributed by atoms with Crippen LogP contribution in [0.1, 0.15) is 44.4 Å². The number of fused-ring (bicyclic) bond motifs is 1. The van der Waals surface area contributed by atoms with Crippen molar-refractivity contribution in [2.45, 2.75) is 18.9 Å². The minimum Gasteiger partial charge on any atom is -0.454 e. The summed E-state index contributed by atoms with van der Waals surface area (Å²) in [6, 6.07) is 14.8. The Kier molecular flexibility index (Phi) is 5.46. The van der Waals surface area contributed by atoms with Crippen molar-refractivity contribution < 1.29 is 19.1 Å². The highest BCUT2D eigenvalue weighted by molar-refractivity contribution is 5.97. The number of nitrogens with one attached hydrogen (secondary N) is 1. The van der Waals surface area contributed by atoms with Gasteiger partial charge in [-0.05, 0) is 35.7 Å². The summed E-state index contributed by atoms with van der Waals surface area (Å²) in [5.74, 6) is -0.490. The van der Waals surface area contributed by atoms with Crippen LogP contribution in [0.15, 0.2) is 48.5 Å². The lowest BCUT2D eigenvalue weighted by Crippen LogP contribution is -2.26. The molecule has 2 aromatic rings. The van der Waals surface area contributed by atoms with Gasteiger partial charge in [0.2, 0.25) is 0 Å². The van der Waals surface area contributed by atoms with Crippen LogP contribution in [0.25, 0.3) is 0 Å². The predicted octanol–water partition coefficient (Wildman–Crippen LogP) is 2.91. The number of benzene rings is 2. The van der Waals surface area contributed by atoms with Crippen LogP contribution in [-0.2, 0) is 15.9 Å². The first-order chi connectivity index (χ1) is 12.2.